The molecule has 21 heavy (non-hydrogen) atoms. The first-order valence-corrected chi connectivity index (χ1v) is 8.11. The Morgan fingerprint density at radius 1 is 1.29 bits per heavy atom. The van der Waals surface area contributed by atoms with Crippen molar-refractivity contribution in [2.75, 3.05) is 11.9 Å². The lowest BCUT2D eigenvalue weighted by atomic mass is 10.1. The van der Waals surface area contributed by atoms with Gasteiger partial charge in [0, 0.05) is 18.8 Å². The van der Waals surface area contributed by atoms with Crippen LogP contribution in [0.15, 0.2) is 24.3 Å². The summed E-state index contributed by atoms with van der Waals surface area (Å²) in [5.74, 6) is 0.913. The standard InChI is InChI=1S/C16H22N4S/c1-3-12-8-10-13(11-9-12)19(2)15-17-18-16(21)20(15)14-6-4-5-7-14/h8-11,14H,3-7H2,1-2H3,(H,18,21). The molecule has 5 heteroatoms. The van der Waals surface area contributed by atoms with E-state index >= 15 is 0 Å². The minimum absolute atomic E-state index is 0.489. The topological polar surface area (TPSA) is 36.9 Å². The predicted octanol–water partition coefficient (Wildman–Crippen LogP) is 4.39. The number of aromatic nitrogens is 3. The lowest BCUT2D eigenvalue weighted by Crippen LogP contribution is -2.18. The fourth-order valence-corrected chi connectivity index (χ4v) is 3.37. The normalized spacial score (nSPS) is 15.5. The van der Waals surface area contributed by atoms with Crippen molar-refractivity contribution in [2.45, 2.75) is 45.1 Å². The van der Waals surface area contributed by atoms with Crippen molar-refractivity contribution in [1.29, 1.82) is 0 Å². The highest BCUT2D eigenvalue weighted by molar-refractivity contribution is 7.71. The molecule has 0 radical (unpaired) electrons. The van der Waals surface area contributed by atoms with E-state index in [0.29, 0.717) is 6.04 Å². The van der Waals surface area contributed by atoms with Gasteiger partial charge in [0.05, 0.1) is 0 Å². The molecular formula is C16H22N4S. The van der Waals surface area contributed by atoms with E-state index in [-0.39, 0.29) is 0 Å². The Labute approximate surface area is 130 Å². The van der Waals surface area contributed by atoms with Crippen LogP contribution in [0.3, 0.4) is 0 Å². The zero-order chi connectivity index (χ0) is 14.8. The molecule has 0 saturated heterocycles. The van der Waals surface area contributed by atoms with Crippen LogP contribution in [0.1, 0.15) is 44.2 Å². The summed E-state index contributed by atoms with van der Waals surface area (Å²) in [5, 5.41) is 7.41. The molecule has 1 heterocycles. The number of anilines is 2. The average molecular weight is 302 g/mol. The zero-order valence-electron chi connectivity index (χ0n) is 12.7. The maximum atomic E-state index is 5.44. The lowest BCUT2D eigenvalue weighted by Gasteiger charge is -2.22. The number of H-pyrrole nitrogens is 1. The van der Waals surface area contributed by atoms with Crippen molar-refractivity contribution >= 4 is 23.9 Å². The number of hydrogen-bond donors (Lipinski definition) is 1. The second kappa shape index (κ2) is 6.02. The molecule has 0 bridgehead atoms. The summed E-state index contributed by atoms with van der Waals surface area (Å²) in [6, 6.07) is 9.13. The van der Waals surface area contributed by atoms with Crippen molar-refractivity contribution in [3.63, 3.8) is 0 Å². The van der Waals surface area contributed by atoms with Crippen LogP contribution in [0.5, 0.6) is 0 Å². The van der Waals surface area contributed by atoms with Crippen molar-refractivity contribution in [1.82, 2.24) is 14.8 Å². The summed E-state index contributed by atoms with van der Waals surface area (Å²) < 4.78 is 2.92. The van der Waals surface area contributed by atoms with Gasteiger partial charge in [-0.3, -0.25) is 4.57 Å². The van der Waals surface area contributed by atoms with Gasteiger partial charge in [0.25, 0.3) is 0 Å². The highest BCUT2D eigenvalue weighted by atomic mass is 32.1. The van der Waals surface area contributed by atoms with Crippen LogP contribution in [0.25, 0.3) is 0 Å². The largest absolute Gasteiger partial charge is 0.314 e. The summed E-state index contributed by atoms with van der Waals surface area (Å²) in [6.45, 7) is 2.17. The Hall–Kier alpha value is -1.62. The minimum atomic E-state index is 0.489. The third-order valence-electron chi connectivity index (χ3n) is 4.41. The third kappa shape index (κ3) is 2.75. The second-order valence-corrected chi connectivity index (χ2v) is 6.10. The smallest absolute Gasteiger partial charge is 0.230 e. The van der Waals surface area contributed by atoms with Crippen molar-refractivity contribution < 1.29 is 0 Å². The minimum Gasteiger partial charge on any atom is -0.314 e. The fourth-order valence-electron chi connectivity index (χ4n) is 3.10. The maximum Gasteiger partial charge on any atom is 0.230 e. The zero-order valence-corrected chi connectivity index (χ0v) is 13.5. The van der Waals surface area contributed by atoms with Crippen LogP contribution in [0.2, 0.25) is 0 Å². The molecular weight excluding hydrogens is 280 g/mol. The van der Waals surface area contributed by atoms with Crippen molar-refractivity contribution in [2.24, 2.45) is 0 Å². The summed E-state index contributed by atoms with van der Waals surface area (Å²) >= 11 is 5.44. The van der Waals surface area contributed by atoms with Gasteiger partial charge in [0.2, 0.25) is 5.95 Å². The molecule has 2 aromatic rings. The lowest BCUT2D eigenvalue weighted by molar-refractivity contribution is 0.513. The van der Waals surface area contributed by atoms with Gasteiger partial charge < -0.3 is 4.90 Å². The Bertz CT molecular complexity index is 650. The van der Waals surface area contributed by atoms with Gasteiger partial charge >= 0.3 is 0 Å². The molecule has 1 aromatic carbocycles. The Morgan fingerprint density at radius 2 is 1.95 bits per heavy atom. The average Bonchev–Trinajstić information content (AvgIpc) is 3.15. The van der Waals surface area contributed by atoms with Gasteiger partial charge in [-0.1, -0.05) is 31.9 Å². The highest BCUT2D eigenvalue weighted by Gasteiger charge is 2.23. The SMILES string of the molecule is CCc1ccc(N(C)c2n[nH]c(=S)n2C2CCCC2)cc1. The number of nitrogens with one attached hydrogen (secondary N) is 1. The van der Waals surface area contributed by atoms with Crippen molar-refractivity contribution in [3.05, 3.63) is 34.6 Å². The quantitative estimate of drug-likeness (QED) is 0.851. The summed E-state index contributed by atoms with van der Waals surface area (Å²) in [7, 11) is 2.05. The van der Waals surface area contributed by atoms with E-state index in [1.807, 2.05) is 0 Å². The van der Waals surface area contributed by atoms with Crippen LogP contribution in [-0.2, 0) is 6.42 Å². The number of rotatable bonds is 4. The molecule has 1 aromatic heterocycles. The van der Waals surface area contributed by atoms with Gasteiger partial charge in [-0.15, -0.1) is 5.10 Å². The monoisotopic (exact) mass is 302 g/mol. The number of aryl methyl sites for hydroxylation is 1. The van der Waals surface area contributed by atoms with Crippen LogP contribution in [0, 0.1) is 4.77 Å². The van der Waals surface area contributed by atoms with E-state index in [0.717, 1.165) is 22.8 Å². The van der Waals surface area contributed by atoms with Crippen LogP contribution in [0.4, 0.5) is 11.6 Å². The molecule has 1 fully saturated rings. The van der Waals surface area contributed by atoms with Gasteiger partial charge in [-0.25, -0.2) is 5.10 Å². The number of aromatic amines is 1. The Morgan fingerprint density at radius 3 is 2.57 bits per heavy atom. The first kappa shape index (κ1) is 14.3. The fraction of sp³-hybridized carbons (Fsp3) is 0.500. The maximum absolute atomic E-state index is 5.44. The molecule has 3 rings (SSSR count). The molecule has 0 aliphatic heterocycles. The molecule has 1 saturated carbocycles. The van der Waals surface area contributed by atoms with Crippen molar-refractivity contribution in [3.8, 4) is 0 Å². The van der Waals surface area contributed by atoms with E-state index in [1.54, 1.807) is 0 Å². The van der Waals surface area contributed by atoms with E-state index in [2.05, 4.69) is 57.9 Å². The number of hydrogen-bond acceptors (Lipinski definition) is 3. The predicted molar refractivity (Wildman–Crippen MR) is 88.8 cm³/mol. The highest BCUT2D eigenvalue weighted by Crippen LogP contribution is 2.34. The summed E-state index contributed by atoms with van der Waals surface area (Å²) in [6.07, 6.45) is 6.02. The molecule has 1 N–H and O–H groups in total. The third-order valence-corrected chi connectivity index (χ3v) is 4.70. The Kier molecular flexibility index (Phi) is 4.10. The molecule has 0 unspecified atom stereocenters. The summed E-state index contributed by atoms with van der Waals surface area (Å²) in [4.78, 5) is 2.12. The van der Waals surface area contributed by atoms with Crippen LogP contribution < -0.4 is 4.90 Å². The first-order valence-electron chi connectivity index (χ1n) is 7.70. The summed E-state index contributed by atoms with van der Waals surface area (Å²) in [5.41, 5.74) is 2.49. The molecule has 1 aliphatic rings. The number of benzene rings is 1. The van der Waals surface area contributed by atoms with E-state index in [1.165, 1.54) is 31.2 Å². The molecule has 0 amide bonds. The molecule has 0 spiro atoms. The molecule has 112 valence electrons. The van der Waals surface area contributed by atoms with Gasteiger partial charge in [-0.05, 0) is 49.2 Å². The first-order chi connectivity index (χ1) is 10.2. The molecule has 1 aliphatic carbocycles. The van der Waals surface area contributed by atoms with Gasteiger partial charge in [0.1, 0.15) is 0 Å². The van der Waals surface area contributed by atoms with E-state index < -0.39 is 0 Å². The van der Waals surface area contributed by atoms with Gasteiger partial charge in [0.15, 0.2) is 4.77 Å². The second-order valence-electron chi connectivity index (χ2n) is 5.72. The molecule has 4 nitrogen and oxygen atoms in total. The van der Waals surface area contributed by atoms with Gasteiger partial charge in [-0.2, -0.15) is 0 Å². The number of nitrogens with zero attached hydrogens (tertiary/aromatic N) is 3. The van der Waals surface area contributed by atoms with Crippen LogP contribution >= 0.6 is 12.2 Å². The molecule has 0 atom stereocenters. The Balaban J connectivity index is 1.93. The van der Waals surface area contributed by atoms with E-state index in [4.69, 9.17) is 12.2 Å². The van der Waals surface area contributed by atoms with E-state index in [9.17, 15) is 0 Å². The van der Waals surface area contributed by atoms with Crippen LogP contribution in [-0.4, -0.2) is 21.8 Å².